The minimum Gasteiger partial charge on any atom is -0.409 e. The Hall–Kier alpha value is -0.810. The van der Waals surface area contributed by atoms with E-state index in [4.69, 9.17) is 10.9 Å². The Labute approximate surface area is 97.7 Å². The van der Waals surface area contributed by atoms with Crippen LogP contribution < -0.4 is 11.1 Å². The maximum atomic E-state index is 8.50. The van der Waals surface area contributed by atoms with Gasteiger partial charge in [-0.25, -0.2) is 0 Å². The molecular weight excluding hydrogens is 204 g/mol. The molecular formula is C11H24N4O. The Bertz CT molecular complexity index is 226. The third-order valence-electron chi connectivity index (χ3n) is 3.42. The summed E-state index contributed by atoms with van der Waals surface area (Å²) in [6, 6.07) is 0.683. The normalized spacial score (nSPS) is 20.6. The second-order valence-electron chi connectivity index (χ2n) is 4.62. The van der Waals surface area contributed by atoms with E-state index in [0.717, 1.165) is 19.1 Å². The van der Waals surface area contributed by atoms with Crippen LogP contribution in [0.3, 0.4) is 0 Å². The van der Waals surface area contributed by atoms with Gasteiger partial charge in [-0.15, -0.1) is 0 Å². The molecule has 0 aromatic carbocycles. The SMILES string of the molecule is CC(NCCN(C)C1CCCC1)C(N)=NO. The van der Waals surface area contributed by atoms with Crippen LogP contribution in [0, 0.1) is 0 Å². The van der Waals surface area contributed by atoms with Gasteiger partial charge in [0.2, 0.25) is 0 Å². The molecule has 1 saturated carbocycles. The van der Waals surface area contributed by atoms with Gasteiger partial charge in [-0.05, 0) is 26.8 Å². The van der Waals surface area contributed by atoms with E-state index in [9.17, 15) is 0 Å². The highest BCUT2D eigenvalue weighted by atomic mass is 16.4. The van der Waals surface area contributed by atoms with Crippen LogP contribution in [0.5, 0.6) is 0 Å². The molecule has 1 atom stereocenters. The van der Waals surface area contributed by atoms with E-state index in [0.29, 0.717) is 0 Å². The summed E-state index contributed by atoms with van der Waals surface area (Å²) < 4.78 is 0. The molecule has 1 fully saturated rings. The van der Waals surface area contributed by atoms with Crippen LogP contribution in [0.25, 0.3) is 0 Å². The molecule has 1 rings (SSSR count). The largest absolute Gasteiger partial charge is 0.409 e. The molecule has 0 aromatic heterocycles. The van der Waals surface area contributed by atoms with Crippen LogP contribution in [-0.4, -0.2) is 48.2 Å². The van der Waals surface area contributed by atoms with Crippen LogP contribution in [-0.2, 0) is 0 Å². The maximum absolute atomic E-state index is 8.50. The molecule has 0 radical (unpaired) electrons. The van der Waals surface area contributed by atoms with Gasteiger partial charge in [-0.3, -0.25) is 0 Å². The average molecular weight is 228 g/mol. The van der Waals surface area contributed by atoms with Crippen molar-refractivity contribution in [1.29, 1.82) is 0 Å². The van der Waals surface area contributed by atoms with E-state index in [1.807, 2.05) is 6.92 Å². The van der Waals surface area contributed by atoms with Crippen molar-refractivity contribution in [3.63, 3.8) is 0 Å². The molecule has 5 nitrogen and oxygen atoms in total. The number of nitrogens with two attached hydrogens (primary N) is 1. The van der Waals surface area contributed by atoms with Crippen molar-refractivity contribution in [2.75, 3.05) is 20.1 Å². The quantitative estimate of drug-likeness (QED) is 0.269. The van der Waals surface area contributed by atoms with Gasteiger partial charge in [0.25, 0.3) is 0 Å². The third-order valence-corrected chi connectivity index (χ3v) is 3.42. The van der Waals surface area contributed by atoms with Gasteiger partial charge in [0.1, 0.15) is 0 Å². The van der Waals surface area contributed by atoms with Crippen LogP contribution >= 0.6 is 0 Å². The van der Waals surface area contributed by atoms with E-state index >= 15 is 0 Å². The number of hydrogen-bond donors (Lipinski definition) is 3. The standard InChI is InChI=1S/C11H24N4O/c1-9(11(12)14-16)13-7-8-15(2)10-5-3-4-6-10/h9-10,13,16H,3-8H2,1-2H3,(H2,12,14). The Kier molecular flexibility index (Phi) is 5.55. The molecule has 0 bridgehead atoms. The number of amidine groups is 1. The fourth-order valence-corrected chi connectivity index (χ4v) is 2.18. The van der Waals surface area contributed by atoms with Gasteiger partial charge < -0.3 is 21.2 Å². The van der Waals surface area contributed by atoms with Gasteiger partial charge in [0.15, 0.2) is 5.84 Å². The smallest absolute Gasteiger partial charge is 0.156 e. The zero-order valence-corrected chi connectivity index (χ0v) is 10.3. The molecule has 0 amide bonds. The van der Waals surface area contributed by atoms with Gasteiger partial charge in [-0.1, -0.05) is 18.0 Å². The molecule has 0 aromatic rings. The molecule has 1 unspecified atom stereocenters. The fourth-order valence-electron chi connectivity index (χ4n) is 2.18. The minimum absolute atomic E-state index is 0.0676. The van der Waals surface area contributed by atoms with Gasteiger partial charge >= 0.3 is 0 Å². The second-order valence-corrected chi connectivity index (χ2v) is 4.62. The predicted octanol–water partition coefficient (Wildman–Crippen LogP) is 0.585. The summed E-state index contributed by atoms with van der Waals surface area (Å²) in [5.41, 5.74) is 5.48. The zero-order valence-electron chi connectivity index (χ0n) is 10.3. The first-order valence-corrected chi connectivity index (χ1v) is 6.06. The van der Waals surface area contributed by atoms with E-state index in [2.05, 4.69) is 22.4 Å². The second kappa shape index (κ2) is 6.70. The molecule has 5 heteroatoms. The van der Waals surface area contributed by atoms with Crippen molar-refractivity contribution in [2.45, 2.75) is 44.7 Å². The van der Waals surface area contributed by atoms with Crippen LogP contribution in [0.4, 0.5) is 0 Å². The van der Waals surface area contributed by atoms with E-state index in [1.165, 1.54) is 25.7 Å². The Morgan fingerprint density at radius 1 is 1.56 bits per heavy atom. The summed E-state index contributed by atoms with van der Waals surface area (Å²) >= 11 is 0. The molecule has 16 heavy (non-hydrogen) atoms. The summed E-state index contributed by atoms with van der Waals surface area (Å²) in [6.07, 6.45) is 5.38. The number of hydrogen-bond acceptors (Lipinski definition) is 4. The number of nitrogens with one attached hydrogen (secondary N) is 1. The number of oxime groups is 1. The first-order valence-electron chi connectivity index (χ1n) is 6.06. The zero-order chi connectivity index (χ0) is 12.0. The lowest BCUT2D eigenvalue weighted by molar-refractivity contribution is 0.244. The lowest BCUT2D eigenvalue weighted by atomic mass is 10.2. The lowest BCUT2D eigenvalue weighted by Gasteiger charge is -2.24. The Morgan fingerprint density at radius 2 is 2.19 bits per heavy atom. The molecule has 1 aliphatic rings. The molecule has 0 spiro atoms. The summed E-state index contributed by atoms with van der Waals surface area (Å²) in [6.45, 7) is 3.77. The molecule has 1 aliphatic carbocycles. The topological polar surface area (TPSA) is 73.9 Å². The van der Waals surface area contributed by atoms with Crippen molar-refractivity contribution in [2.24, 2.45) is 10.9 Å². The summed E-state index contributed by atoms with van der Waals surface area (Å²) in [5, 5.41) is 14.7. The van der Waals surface area contributed by atoms with Crippen molar-refractivity contribution < 1.29 is 5.21 Å². The maximum Gasteiger partial charge on any atom is 0.156 e. The lowest BCUT2D eigenvalue weighted by Crippen LogP contribution is -2.43. The van der Waals surface area contributed by atoms with E-state index in [1.54, 1.807) is 0 Å². The molecule has 94 valence electrons. The van der Waals surface area contributed by atoms with Crippen LogP contribution in [0.1, 0.15) is 32.6 Å². The number of nitrogens with zero attached hydrogens (tertiary/aromatic N) is 2. The van der Waals surface area contributed by atoms with Crippen molar-refractivity contribution in [1.82, 2.24) is 10.2 Å². The van der Waals surface area contributed by atoms with Gasteiger partial charge in [-0.2, -0.15) is 0 Å². The van der Waals surface area contributed by atoms with Crippen molar-refractivity contribution >= 4 is 5.84 Å². The molecule has 4 N–H and O–H groups in total. The van der Waals surface area contributed by atoms with Crippen LogP contribution in [0.15, 0.2) is 5.16 Å². The van der Waals surface area contributed by atoms with Gasteiger partial charge in [0.05, 0.1) is 6.04 Å². The molecule has 0 heterocycles. The average Bonchev–Trinajstić information content (AvgIpc) is 2.81. The third kappa shape index (κ3) is 3.98. The van der Waals surface area contributed by atoms with Crippen molar-refractivity contribution in [3.8, 4) is 0 Å². The Balaban J connectivity index is 2.14. The molecule has 0 saturated heterocycles. The first kappa shape index (κ1) is 13.3. The van der Waals surface area contributed by atoms with E-state index in [-0.39, 0.29) is 11.9 Å². The monoisotopic (exact) mass is 228 g/mol. The fraction of sp³-hybridized carbons (Fsp3) is 0.909. The van der Waals surface area contributed by atoms with Crippen LogP contribution in [0.2, 0.25) is 0 Å². The highest BCUT2D eigenvalue weighted by molar-refractivity contribution is 5.84. The summed E-state index contributed by atoms with van der Waals surface area (Å²) in [4.78, 5) is 2.40. The Morgan fingerprint density at radius 3 is 2.75 bits per heavy atom. The predicted molar refractivity (Wildman–Crippen MR) is 65.8 cm³/mol. The van der Waals surface area contributed by atoms with E-state index < -0.39 is 0 Å². The minimum atomic E-state index is -0.0676. The molecule has 0 aliphatic heterocycles. The highest BCUT2D eigenvalue weighted by Gasteiger charge is 2.19. The summed E-state index contributed by atoms with van der Waals surface area (Å²) in [5.74, 6) is 0.239. The summed E-state index contributed by atoms with van der Waals surface area (Å²) in [7, 11) is 2.17. The van der Waals surface area contributed by atoms with Gasteiger partial charge in [0, 0.05) is 19.1 Å². The first-order chi connectivity index (χ1) is 7.65. The number of rotatable bonds is 6. The van der Waals surface area contributed by atoms with Crippen molar-refractivity contribution in [3.05, 3.63) is 0 Å². The highest BCUT2D eigenvalue weighted by Crippen LogP contribution is 2.21. The number of likely N-dealkylation sites (N-methyl/N-ethyl adjacent to an activating group) is 1.